The van der Waals surface area contributed by atoms with E-state index in [1.54, 1.807) is 13.0 Å². The van der Waals surface area contributed by atoms with Crippen LogP contribution in [0.1, 0.15) is 81.6 Å². The third-order valence-electron chi connectivity index (χ3n) is 6.62. The largest absolute Gasteiger partial charge is 0.295 e. The zero-order valence-corrected chi connectivity index (χ0v) is 25.8. The fraction of sp³-hybridized carbons (Fsp3) is 0.342. The number of rotatable bonds is 12. The number of ketones is 1. The maximum atomic E-state index is 11.0. The summed E-state index contributed by atoms with van der Waals surface area (Å²) in [4.78, 5) is 11.0. The van der Waals surface area contributed by atoms with E-state index >= 15 is 0 Å². The molecule has 0 saturated carbocycles. The zero-order valence-electron chi connectivity index (χ0n) is 25.8. The van der Waals surface area contributed by atoms with Crippen LogP contribution in [0.25, 0.3) is 0 Å². The van der Waals surface area contributed by atoms with Crippen LogP contribution in [0.3, 0.4) is 0 Å². The Morgan fingerprint density at radius 2 is 1.00 bits per heavy atom. The highest BCUT2D eigenvalue weighted by atomic mass is 16.1. The maximum Gasteiger partial charge on any atom is 0.152 e. The standard InChI is InChI=1S/C38H50O/c1-30(18-12-20-32(3)21-14-22-33(4)25-27-36(7)39)16-10-11-17-31(2)19-13-23-34(5)26-28-37-35(6)24-15-29-38(37,8)9/h10-14,16-23,25-28H,15,24,29H2,1-9H3/b11-10+,18-12+,19-13+,21-14+,27-25+,28-26+,30-16+,31-17+,32-20+,33-22+,34-23+. The van der Waals surface area contributed by atoms with Crippen molar-refractivity contribution in [1.29, 1.82) is 0 Å². The molecule has 1 heteroatoms. The van der Waals surface area contributed by atoms with Gasteiger partial charge >= 0.3 is 0 Å². The predicted octanol–water partition coefficient (Wildman–Crippen LogP) is 11.2. The first-order valence-corrected chi connectivity index (χ1v) is 14.0. The van der Waals surface area contributed by atoms with Crippen molar-refractivity contribution in [2.45, 2.75) is 81.6 Å². The fourth-order valence-corrected chi connectivity index (χ4v) is 4.22. The minimum Gasteiger partial charge on any atom is -0.295 e. The van der Waals surface area contributed by atoms with Gasteiger partial charge in [0.1, 0.15) is 0 Å². The second-order valence-electron chi connectivity index (χ2n) is 11.2. The van der Waals surface area contributed by atoms with Crippen LogP contribution in [-0.4, -0.2) is 5.78 Å². The lowest BCUT2D eigenvalue weighted by molar-refractivity contribution is -0.112. The smallest absolute Gasteiger partial charge is 0.152 e. The summed E-state index contributed by atoms with van der Waals surface area (Å²) in [6.45, 7) is 19.0. The molecule has 0 aromatic heterocycles. The first-order valence-electron chi connectivity index (χ1n) is 14.0. The first-order chi connectivity index (χ1) is 18.4. The summed E-state index contributed by atoms with van der Waals surface area (Å²) in [5.41, 5.74) is 9.17. The number of hydrogen-bond acceptors (Lipinski definition) is 1. The topological polar surface area (TPSA) is 17.1 Å². The molecule has 1 nitrogen and oxygen atoms in total. The average molecular weight is 523 g/mol. The Kier molecular flexibility index (Phi) is 15.5. The number of allylic oxidation sites excluding steroid dienone is 24. The van der Waals surface area contributed by atoms with Gasteiger partial charge in [0.25, 0.3) is 0 Å². The van der Waals surface area contributed by atoms with Crippen molar-refractivity contribution in [2.24, 2.45) is 5.41 Å². The van der Waals surface area contributed by atoms with Gasteiger partial charge < -0.3 is 0 Å². The molecule has 0 unspecified atom stereocenters. The van der Waals surface area contributed by atoms with Crippen molar-refractivity contribution in [3.05, 3.63) is 142 Å². The third kappa shape index (κ3) is 15.5. The number of hydrogen-bond donors (Lipinski definition) is 0. The molecule has 0 heterocycles. The van der Waals surface area contributed by atoms with Gasteiger partial charge in [-0.3, -0.25) is 4.79 Å². The minimum atomic E-state index is 0.0582. The Labute approximate surface area is 239 Å². The number of carbonyl (C=O) groups is 1. The minimum absolute atomic E-state index is 0.0582. The summed E-state index contributed by atoms with van der Waals surface area (Å²) in [5, 5.41) is 0. The quantitative estimate of drug-likeness (QED) is 0.184. The van der Waals surface area contributed by atoms with Gasteiger partial charge in [-0.1, -0.05) is 145 Å². The highest BCUT2D eigenvalue weighted by Gasteiger charge is 2.26. The second kappa shape index (κ2) is 17.9. The third-order valence-corrected chi connectivity index (χ3v) is 6.62. The summed E-state index contributed by atoms with van der Waals surface area (Å²) in [5.74, 6) is 0.0582. The van der Waals surface area contributed by atoms with Crippen LogP contribution >= 0.6 is 0 Å². The van der Waals surface area contributed by atoms with E-state index in [0.717, 1.165) is 11.1 Å². The molecule has 0 aromatic rings. The molecule has 1 aliphatic rings. The van der Waals surface area contributed by atoms with Gasteiger partial charge in [0.15, 0.2) is 5.78 Å². The van der Waals surface area contributed by atoms with E-state index in [2.05, 4.69) is 127 Å². The van der Waals surface area contributed by atoms with Crippen LogP contribution in [0.4, 0.5) is 0 Å². The van der Waals surface area contributed by atoms with Crippen LogP contribution < -0.4 is 0 Å². The fourth-order valence-electron chi connectivity index (χ4n) is 4.22. The van der Waals surface area contributed by atoms with Crippen molar-refractivity contribution >= 4 is 5.78 Å². The van der Waals surface area contributed by atoms with Crippen LogP contribution in [0.15, 0.2) is 142 Å². The van der Waals surface area contributed by atoms with Crippen LogP contribution in [0, 0.1) is 5.41 Å². The summed E-state index contributed by atoms with van der Waals surface area (Å²) in [7, 11) is 0. The zero-order chi connectivity index (χ0) is 29.3. The van der Waals surface area contributed by atoms with Crippen molar-refractivity contribution in [1.82, 2.24) is 0 Å². The van der Waals surface area contributed by atoms with Gasteiger partial charge in [-0.15, -0.1) is 0 Å². The van der Waals surface area contributed by atoms with Crippen molar-refractivity contribution < 1.29 is 4.79 Å². The van der Waals surface area contributed by atoms with Gasteiger partial charge in [-0.25, -0.2) is 0 Å². The molecule has 0 amide bonds. The molecule has 1 aliphatic carbocycles. The Balaban J connectivity index is 2.61. The van der Waals surface area contributed by atoms with Gasteiger partial charge in [-0.2, -0.15) is 0 Å². The first kappa shape index (κ1) is 33.6. The van der Waals surface area contributed by atoms with Crippen molar-refractivity contribution in [3.8, 4) is 0 Å². The van der Waals surface area contributed by atoms with Gasteiger partial charge in [0, 0.05) is 0 Å². The Morgan fingerprint density at radius 1 is 0.590 bits per heavy atom. The van der Waals surface area contributed by atoms with Crippen LogP contribution in [0.5, 0.6) is 0 Å². The maximum absolute atomic E-state index is 11.0. The lowest BCUT2D eigenvalue weighted by Crippen LogP contribution is -2.19. The molecule has 0 bridgehead atoms. The van der Waals surface area contributed by atoms with E-state index in [-0.39, 0.29) is 11.2 Å². The number of carbonyl (C=O) groups excluding carboxylic acids is 1. The average Bonchev–Trinajstić information content (AvgIpc) is 2.84. The monoisotopic (exact) mass is 522 g/mol. The van der Waals surface area contributed by atoms with E-state index in [0.29, 0.717) is 0 Å². The van der Waals surface area contributed by atoms with E-state index in [1.165, 1.54) is 47.1 Å². The van der Waals surface area contributed by atoms with E-state index in [1.807, 2.05) is 25.2 Å². The second-order valence-corrected chi connectivity index (χ2v) is 11.2. The molecule has 0 saturated heterocycles. The molecule has 1 rings (SSSR count). The highest BCUT2D eigenvalue weighted by Crippen LogP contribution is 2.40. The molecule has 208 valence electrons. The Bertz CT molecular complexity index is 1200. The normalized spacial score (nSPS) is 18.9. The molecule has 0 N–H and O–H groups in total. The molecular formula is C38H50O. The van der Waals surface area contributed by atoms with E-state index in [9.17, 15) is 4.79 Å². The summed E-state index contributed by atoms with van der Waals surface area (Å²) in [6, 6.07) is 0. The van der Waals surface area contributed by atoms with Gasteiger partial charge in [-0.05, 0) is 84.8 Å². The Morgan fingerprint density at radius 3 is 1.44 bits per heavy atom. The Hall–Kier alpha value is -3.45. The SMILES string of the molecule is CC(=O)/C=C/C(C)=C/C=C/C(C)=C/C=C/C(C)=C/C=C/C=C(C)/C=C/C=C(C)/C=C/C1=C(C)CCCC1(C)C. The van der Waals surface area contributed by atoms with Gasteiger partial charge in [0.2, 0.25) is 0 Å². The summed E-state index contributed by atoms with van der Waals surface area (Å²) in [6.07, 6.45) is 38.9. The molecule has 0 radical (unpaired) electrons. The van der Waals surface area contributed by atoms with Crippen LogP contribution in [0.2, 0.25) is 0 Å². The molecular weight excluding hydrogens is 472 g/mol. The molecule has 0 spiro atoms. The molecule has 0 aromatic carbocycles. The molecule has 39 heavy (non-hydrogen) atoms. The van der Waals surface area contributed by atoms with E-state index in [4.69, 9.17) is 0 Å². The molecule has 0 atom stereocenters. The van der Waals surface area contributed by atoms with Crippen molar-refractivity contribution in [2.75, 3.05) is 0 Å². The van der Waals surface area contributed by atoms with E-state index < -0.39 is 0 Å². The lowest BCUT2D eigenvalue weighted by atomic mass is 9.72. The van der Waals surface area contributed by atoms with Gasteiger partial charge in [0.05, 0.1) is 0 Å². The lowest BCUT2D eigenvalue weighted by Gasteiger charge is -2.32. The van der Waals surface area contributed by atoms with Crippen LogP contribution in [-0.2, 0) is 4.79 Å². The summed E-state index contributed by atoms with van der Waals surface area (Å²) < 4.78 is 0. The molecule has 0 aliphatic heterocycles. The molecule has 0 fully saturated rings. The summed E-state index contributed by atoms with van der Waals surface area (Å²) >= 11 is 0. The predicted molar refractivity (Wildman–Crippen MR) is 175 cm³/mol. The van der Waals surface area contributed by atoms with Crippen molar-refractivity contribution in [3.63, 3.8) is 0 Å². The highest BCUT2D eigenvalue weighted by molar-refractivity contribution is 5.87.